The lowest BCUT2D eigenvalue weighted by atomic mass is 10.1. The van der Waals surface area contributed by atoms with Gasteiger partial charge in [-0.3, -0.25) is 4.90 Å². The molecule has 1 aromatic rings. The molecule has 0 fully saturated rings. The van der Waals surface area contributed by atoms with Crippen LogP contribution in [0.25, 0.3) is 0 Å². The molecule has 14 heavy (non-hydrogen) atoms. The van der Waals surface area contributed by atoms with Crippen LogP contribution in [0.4, 0.5) is 0 Å². The van der Waals surface area contributed by atoms with Crippen molar-refractivity contribution >= 4 is 11.3 Å². The van der Waals surface area contributed by atoms with Crippen LogP contribution in [0.15, 0.2) is 17.5 Å². The van der Waals surface area contributed by atoms with E-state index in [1.54, 1.807) is 11.3 Å². The molecule has 2 nitrogen and oxygen atoms in total. The molecular weight excluding hydrogens is 192 g/mol. The summed E-state index contributed by atoms with van der Waals surface area (Å²) in [6.07, 6.45) is 0. The van der Waals surface area contributed by atoms with Gasteiger partial charge in [-0.05, 0) is 24.4 Å². The van der Waals surface area contributed by atoms with E-state index in [0.717, 1.165) is 6.54 Å². The zero-order valence-electron chi connectivity index (χ0n) is 9.23. The van der Waals surface area contributed by atoms with E-state index in [1.165, 1.54) is 4.88 Å². The van der Waals surface area contributed by atoms with E-state index < -0.39 is 0 Å². The van der Waals surface area contributed by atoms with E-state index in [-0.39, 0.29) is 0 Å². The molecule has 0 aliphatic heterocycles. The van der Waals surface area contributed by atoms with E-state index in [0.29, 0.717) is 18.5 Å². The molecule has 1 heterocycles. The lowest BCUT2D eigenvalue weighted by Gasteiger charge is -2.27. The summed E-state index contributed by atoms with van der Waals surface area (Å²) in [6, 6.07) is 4.64. The number of nitrogens with two attached hydrogens (primary N) is 1. The highest BCUT2D eigenvalue weighted by molar-refractivity contribution is 7.10. The Bertz CT molecular complexity index is 244. The van der Waals surface area contributed by atoms with Gasteiger partial charge in [0.2, 0.25) is 0 Å². The molecule has 80 valence electrons. The minimum Gasteiger partial charge on any atom is -0.329 e. The third-order valence-electron chi connectivity index (χ3n) is 2.28. The Morgan fingerprint density at radius 1 is 1.50 bits per heavy atom. The van der Waals surface area contributed by atoms with Gasteiger partial charge in [0.25, 0.3) is 0 Å². The monoisotopic (exact) mass is 212 g/mol. The van der Waals surface area contributed by atoms with Gasteiger partial charge in [0, 0.05) is 18.0 Å². The molecule has 1 aromatic heterocycles. The van der Waals surface area contributed by atoms with Gasteiger partial charge >= 0.3 is 0 Å². The molecule has 0 amide bonds. The van der Waals surface area contributed by atoms with Crippen LogP contribution in [0, 0.1) is 5.92 Å². The second-order valence-corrected chi connectivity index (χ2v) is 5.08. The molecule has 0 aliphatic carbocycles. The highest BCUT2D eigenvalue weighted by atomic mass is 32.1. The van der Waals surface area contributed by atoms with Gasteiger partial charge < -0.3 is 5.73 Å². The Labute approximate surface area is 90.7 Å². The predicted molar refractivity (Wildman–Crippen MR) is 63.6 cm³/mol. The summed E-state index contributed by atoms with van der Waals surface area (Å²) in [4.78, 5) is 3.71. The maximum absolute atomic E-state index is 5.81. The van der Waals surface area contributed by atoms with Crippen LogP contribution in [0.5, 0.6) is 0 Å². The van der Waals surface area contributed by atoms with E-state index in [4.69, 9.17) is 5.73 Å². The van der Waals surface area contributed by atoms with Gasteiger partial charge in [0.1, 0.15) is 0 Å². The van der Waals surface area contributed by atoms with E-state index in [9.17, 15) is 0 Å². The summed E-state index contributed by atoms with van der Waals surface area (Å²) in [5, 5.41) is 2.11. The van der Waals surface area contributed by atoms with Crippen LogP contribution in [-0.4, -0.2) is 25.0 Å². The number of likely N-dealkylation sites (N-methyl/N-ethyl adjacent to an activating group) is 1. The Morgan fingerprint density at radius 3 is 2.64 bits per heavy atom. The molecule has 1 atom stereocenters. The minimum atomic E-state index is 0.386. The van der Waals surface area contributed by atoms with Crippen molar-refractivity contribution in [2.75, 3.05) is 20.1 Å². The SMILES string of the molecule is CC(C)CN(C)C(CN)c1cccs1. The number of thiophene rings is 1. The largest absolute Gasteiger partial charge is 0.329 e. The molecule has 0 saturated carbocycles. The summed E-state index contributed by atoms with van der Waals surface area (Å²) in [5.74, 6) is 0.689. The van der Waals surface area contributed by atoms with Crippen LogP contribution < -0.4 is 5.73 Å². The van der Waals surface area contributed by atoms with Crippen molar-refractivity contribution < 1.29 is 0 Å². The Kier molecular flexibility index (Phi) is 4.58. The zero-order chi connectivity index (χ0) is 10.6. The number of rotatable bonds is 5. The van der Waals surface area contributed by atoms with Crippen molar-refractivity contribution in [1.82, 2.24) is 4.90 Å². The highest BCUT2D eigenvalue weighted by Gasteiger charge is 2.16. The molecule has 1 unspecified atom stereocenters. The summed E-state index contributed by atoms with van der Waals surface area (Å²) in [7, 11) is 2.15. The average molecular weight is 212 g/mol. The lowest BCUT2D eigenvalue weighted by molar-refractivity contribution is 0.226. The van der Waals surface area contributed by atoms with Crippen molar-refractivity contribution in [3.05, 3.63) is 22.4 Å². The first-order valence-electron chi connectivity index (χ1n) is 5.08. The third-order valence-corrected chi connectivity index (χ3v) is 3.25. The van der Waals surface area contributed by atoms with Crippen LogP contribution in [0.2, 0.25) is 0 Å². The van der Waals surface area contributed by atoms with Crippen molar-refractivity contribution in [2.45, 2.75) is 19.9 Å². The first-order valence-corrected chi connectivity index (χ1v) is 5.96. The molecule has 1 rings (SSSR count). The second kappa shape index (κ2) is 5.49. The normalized spacial score (nSPS) is 13.9. The molecule has 3 heteroatoms. The first kappa shape index (κ1) is 11.7. The van der Waals surface area contributed by atoms with Gasteiger partial charge in [-0.2, -0.15) is 0 Å². The lowest BCUT2D eigenvalue weighted by Crippen LogP contribution is -2.32. The van der Waals surface area contributed by atoms with Crippen LogP contribution in [0.1, 0.15) is 24.8 Å². The van der Waals surface area contributed by atoms with Crippen molar-refractivity contribution in [3.8, 4) is 0 Å². The van der Waals surface area contributed by atoms with Crippen LogP contribution >= 0.6 is 11.3 Å². The number of hydrogen-bond acceptors (Lipinski definition) is 3. The predicted octanol–water partition coefficient (Wildman–Crippen LogP) is 2.34. The molecule has 0 aliphatic rings. The van der Waals surface area contributed by atoms with Crippen molar-refractivity contribution in [2.24, 2.45) is 11.7 Å². The fraction of sp³-hybridized carbons (Fsp3) is 0.636. The van der Waals surface area contributed by atoms with Gasteiger partial charge in [0.15, 0.2) is 0 Å². The van der Waals surface area contributed by atoms with Gasteiger partial charge in [-0.25, -0.2) is 0 Å². The third kappa shape index (κ3) is 3.08. The van der Waals surface area contributed by atoms with Crippen LogP contribution in [0.3, 0.4) is 0 Å². The molecule has 0 spiro atoms. The summed E-state index contributed by atoms with van der Waals surface area (Å²) in [5.41, 5.74) is 5.81. The topological polar surface area (TPSA) is 29.3 Å². The standard InChI is InChI=1S/C11H20N2S/c1-9(2)8-13(3)10(7-12)11-5-4-6-14-11/h4-6,9-10H,7-8,12H2,1-3H3. The van der Waals surface area contributed by atoms with E-state index in [1.807, 2.05) is 0 Å². The fourth-order valence-corrected chi connectivity index (χ4v) is 2.60. The summed E-state index contributed by atoms with van der Waals surface area (Å²) >= 11 is 1.79. The molecule has 0 saturated heterocycles. The van der Waals surface area contributed by atoms with Crippen molar-refractivity contribution in [3.63, 3.8) is 0 Å². The van der Waals surface area contributed by atoms with Crippen LogP contribution in [-0.2, 0) is 0 Å². The molecular formula is C11H20N2S. The summed E-state index contributed by atoms with van der Waals surface area (Å²) < 4.78 is 0. The molecule has 0 aromatic carbocycles. The maximum Gasteiger partial charge on any atom is 0.0561 e. The van der Waals surface area contributed by atoms with E-state index >= 15 is 0 Å². The fourth-order valence-electron chi connectivity index (χ4n) is 1.70. The van der Waals surface area contributed by atoms with Crippen molar-refractivity contribution in [1.29, 1.82) is 0 Å². The smallest absolute Gasteiger partial charge is 0.0561 e. The quantitative estimate of drug-likeness (QED) is 0.811. The summed E-state index contributed by atoms with van der Waals surface area (Å²) in [6.45, 7) is 6.26. The molecule has 2 N–H and O–H groups in total. The Morgan fingerprint density at radius 2 is 2.21 bits per heavy atom. The van der Waals surface area contributed by atoms with E-state index in [2.05, 4.69) is 43.3 Å². The first-order chi connectivity index (χ1) is 6.65. The minimum absolute atomic E-state index is 0.386. The average Bonchev–Trinajstić information content (AvgIpc) is 2.57. The second-order valence-electron chi connectivity index (χ2n) is 4.10. The Balaban J connectivity index is 2.62. The zero-order valence-corrected chi connectivity index (χ0v) is 10.1. The molecule has 0 bridgehead atoms. The van der Waals surface area contributed by atoms with Gasteiger partial charge in [0.05, 0.1) is 6.04 Å². The molecule has 0 radical (unpaired) electrons. The van der Waals surface area contributed by atoms with Gasteiger partial charge in [-0.15, -0.1) is 11.3 Å². The number of nitrogens with zero attached hydrogens (tertiary/aromatic N) is 1. The number of hydrogen-bond donors (Lipinski definition) is 1. The van der Waals surface area contributed by atoms with Gasteiger partial charge in [-0.1, -0.05) is 19.9 Å². The maximum atomic E-state index is 5.81. The highest BCUT2D eigenvalue weighted by Crippen LogP contribution is 2.23. The Hall–Kier alpha value is -0.380.